The van der Waals surface area contributed by atoms with Gasteiger partial charge in [0.25, 0.3) is 5.91 Å². The summed E-state index contributed by atoms with van der Waals surface area (Å²) < 4.78 is 16.2. The molecule has 0 aliphatic heterocycles. The fourth-order valence-electron chi connectivity index (χ4n) is 3.44. The van der Waals surface area contributed by atoms with Gasteiger partial charge in [0.15, 0.2) is 11.5 Å². The van der Waals surface area contributed by atoms with Gasteiger partial charge in [0.05, 0.1) is 32.7 Å². The molecule has 0 unspecified atom stereocenters. The molecule has 0 radical (unpaired) electrons. The van der Waals surface area contributed by atoms with Crippen LogP contribution < -0.4 is 19.5 Å². The van der Waals surface area contributed by atoms with Gasteiger partial charge in [-0.05, 0) is 42.0 Å². The summed E-state index contributed by atoms with van der Waals surface area (Å²) >= 11 is 0. The Morgan fingerprint density at radius 1 is 0.939 bits per heavy atom. The second kappa shape index (κ2) is 9.82. The van der Waals surface area contributed by atoms with E-state index in [1.165, 1.54) is 0 Å². The van der Waals surface area contributed by atoms with E-state index in [0.29, 0.717) is 40.7 Å². The molecule has 1 amide bonds. The number of aromatic amines is 1. The van der Waals surface area contributed by atoms with E-state index in [1.54, 1.807) is 58.1 Å². The lowest BCUT2D eigenvalue weighted by atomic mass is 10.1. The molecule has 2 N–H and O–H groups in total. The zero-order valence-electron chi connectivity index (χ0n) is 18.5. The van der Waals surface area contributed by atoms with Gasteiger partial charge in [-0.25, -0.2) is 0 Å². The van der Waals surface area contributed by atoms with Gasteiger partial charge < -0.3 is 19.5 Å². The van der Waals surface area contributed by atoms with Gasteiger partial charge in [-0.2, -0.15) is 5.10 Å². The third kappa shape index (κ3) is 4.62. The molecule has 0 spiro atoms. The Bertz CT molecular complexity index is 1230. The topological polar surface area (TPSA) is 111 Å². The number of carbonyl (C=O) groups excluding carboxylic acids is 1. The lowest BCUT2D eigenvalue weighted by Crippen LogP contribution is -2.23. The number of ether oxygens (including phenoxy) is 3. The average molecular weight is 445 g/mol. The molecule has 3 aromatic heterocycles. The Morgan fingerprint density at radius 2 is 1.67 bits per heavy atom. The molecule has 33 heavy (non-hydrogen) atoms. The molecule has 3 heterocycles. The first-order valence-electron chi connectivity index (χ1n) is 10.1. The molecule has 4 rings (SSSR count). The number of carbonyl (C=O) groups is 1. The number of aromatic nitrogens is 4. The first-order valence-corrected chi connectivity index (χ1v) is 10.1. The second-order valence-electron chi connectivity index (χ2n) is 7.01. The number of benzene rings is 1. The number of H-pyrrole nitrogens is 1. The smallest absolute Gasteiger partial charge is 0.269 e. The van der Waals surface area contributed by atoms with Gasteiger partial charge in [-0.15, -0.1) is 0 Å². The maximum absolute atomic E-state index is 12.8. The molecule has 0 bridgehead atoms. The molecule has 0 saturated heterocycles. The van der Waals surface area contributed by atoms with Crippen LogP contribution >= 0.6 is 0 Å². The van der Waals surface area contributed by atoms with Crippen molar-refractivity contribution in [3.8, 4) is 39.8 Å². The monoisotopic (exact) mass is 445 g/mol. The van der Waals surface area contributed by atoms with E-state index in [4.69, 9.17) is 14.2 Å². The predicted molar refractivity (Wildman–Crippen MR) is 122 cm³/mol. The van der Waals surface area contributed by atoms with E-state index in [9.17, 15) is 4.79 Å². The van der Waals surface area contributed by atoms with Gasteiger partial charge in [-0.3, -0.25) is 19.9 Å². The fraction of sp³-hybridized carbons (Fsp3) is 0.167. The number of methoxy groups -OCH3 is 3. The molecule has 168 valence electrons. The predicted octanol–water partition coefficient (Wildman–Crippen LogP) is 3.49. The molecule has 9 heteroatoms. The third-order valence-corrected chi connectivity index (χ3v) is 5.07. The Morgan fingerprint density at radius 3 is 2.33 bits per heavy atom. The van der Waals surface area contributed by atoms with Crippen molar-refractivity contribution in [2.45, 2.75) is 6.54 Å². The molecular formula is C24H23N5O4. The minimum Gasteiger partial charge on any atom is -0.493 e. The third-order valence-electron chi connectivity index (χ3n) is 5.07. The number of rotatable bonds is 8. The fourth-order valence-corrected chi connectivity index (χ4v) is 3.44. The van der Waals surface area contributed by atoms with Crippen molar-refractivity contribution in [1.29, 1.82) is 0 Å². The second-order valence-corrected chi connectivity index (χ2v) is 7.01. The highest BCUT2D eigenvalue weighted by Gasteiger charge is 2.17. The zero-order chi connectivity index (χ0) is 23.2. The zero-order valence-corrected chi connectivity index (χ0v) is 18.5. The summed E-state index contributed by atoms with van der Waals surface area (Å²) in [4.78, 5) is 21.3. The maximum atomic E-state index is 12.8. The van der Waals surface area contributed by atoms with Crippen LogP contribution in [0.5, 0.6) is 17.2 Å². The minimum atomic E-state index is -0.286. The van der Waals surface area contributed by atoms with Crippen LogP contribution in [0.4, 0.5) is 0 Å². The Kier molecular flexibility index (Phi) is 6.49. The molecule has 0 aliphatic rings. The lowest BCUT2D eigenvalue weighted by molar-refractivity contribution is 0.0946. The van der Waals surface area contributed by atoms with Crippen LogP contribution in [0.3, 0.4) is 0 Å². The number of nitrogens with zero attached hydrogens (tertiary/aromatic N) is 3. The highest BCUT2D eigenvalue weighted by atomic mass is 16.5. The molecule has 0 saturated carbocycles. The van der Waals surface area contributed by atoms with Crippen LogP contribution in [0.2, 0.25) is 0 Å². The molecule has 1 aromatic carbocycles. The Labute approximate surface area is 190 Å². The van der Waals surface area contributed by atoms with Crippen molar-refractivity contribution in [2.75, 3.05) is 21.3 Å². The maximum Gasteiger partial charge on any atom is 0.269 e. The van der Waals surface area contributed by atoms with Crippen LogP contribution in [0.1, 0.15) is 16.1 Å². The van der Waals surface area contributed by atoms with Gasteiger partial charge in [-0.1, -0.05) is 6.07 Å². The molecule has 9 nitrogen and oxygen atoms in total. The molecule has 0 aliphatic carbocycles. The largest absolute Gasteiger partial charge is 0.493 e. The first kappa shape index (κ1) is 21.8. The van der Waals surface area contributed by atoms with Crippen LogP contribution in [-0.4, -0.2) is 47.4 Å². The van der Waals surface area contributed by atoms with Crippen LogP contribution in [-0.2, 0) is 6.54 Å². The Balaban J connectivity index is 1.52. The lowest BCUT2D eigenvalue weighted by Gasteiger charge is -2.13. The van der Waals surface area contributed by atoms with Crippen LogP contribution in [0.15, 0.2) is 61.1 Å². The highest BCUT2D eigenvalue weighted by molar-refractivity contribution is 5.93. The Hall–Kier alpha value is -4.40. The van der Waals surface area contributed by atoms with Crippen molar-refractivity contribution >= 4 is 5.91 Å². The van der Waals surface area contributed by atoms with E-state index in [1.807, 2.05) is 24.3 Å². The number of amides is 1. The summed E-state index contributed by atoms with van der Waals surface area (Å²) in [5.41, 5.74) is 4.23. The molecular weight excluding hydrogens is 422 g/mol. The first-order chi connectivity index (χ1) is 16.1. The molecule has 0 fully saturated rings. The van der Waals surface area contributed by atoms with E-state index < -0.39 is 0 Å². The quantitative estimate of drug-likeness (QED) is 0.427. The van der Waals surface area contributed by atoms with Crippen LogP contribution in [0.25, 0.3) is 22.5 Å². The van der Waals surface area contributed by atoms with E-state index in [-0.39, 0.29) is 5.91 Å². The van der Waals surface area contributed by atoms with Gasteiger partial charge in [0.1, 0.15) is 5.69 Å². The van der Waals surface area contributed by atoms with E-state index in [2.05, 4.69) is 25.5 Å². The normalized spacial score (nSPS) is 10.5. The minimum absolute atomic E-state index is 0.286. The van der Waals surface area contributed by atoms with Crippen LogP contribution in [0, 0.1) is 0 Å². The highest BCUT2D eigenvalue weighted by Crippen LogP contribution is 2.40. The SMILES string of the molecule is COc1cc(-c2cc(C(=O)NCc3cccnc3-c3ccncc3)[nH]n2)cc(OC)c1OC. The summed E-state index contributed by atoms with van der Waals surface area (Å²) in [5.74, 6) is 1.20. The van der Waals surface area contributed by atoms with Crippen molar-refractivity contribution < 1.29 is 19.0 Å². The standard InChI is InChI=1S/C24H23N5O4/c1-31-20-11-17(12-21(32-2)23(20)33-3)18-13-19(29-28-18)24(30)27-14-16-5-4-8-26-22(16)15-6-9-25-10-7-15/h4-13H,14H2,1-3H3,(H,27,30)(H,28,29). The van der Waals surface area contributed by atoms with E-state index in [0.717, 1.165) is 16.8 Å². The van der Waals surface area contributed by atoms with Crippen molar-refractivity contribution in [2.24, 2.45) is 0 Å². The summed E-state index contributed by atoms with van der Waals surface area (Å²) in [6.45, 7) is 0.308. The number of hydrogen-bond acceptors (Lipinski definition) is 7. The summed E-state index contributed by atoms with van der Waals surface area (Å²) in [7, 11) is 4.63. The number of hydrogen-bond donors (Lipinski definition) is 2. The van der Waals surface area contributed by atoms with E-state index >= 15 is 0 Å². The molecule has 4 aromatic rings. The van der Waals surface area contributed by atoms with Crippen molar-refractivity contribution in [3.05, 3.63) is 72.3 Å². The van der Waals surface area contributed by atoms with Crippen molar-refractivity contribution in [1.82, 2.24) is 25.5 Å². The average Bonchev–Trinajstić information content (AvgIpc) is 3.37. The summed E-state index contributed by atoms with van der Waals surface area (Å²) in [6.07, 6.45) is 5.14. The van der Waals surface area contributed by atoms with Gasteiger partial charge >= 0.3 is 0 Å². The van der Waals surface area contributed by atoms with Crippen molar-refractivity contribution in [3.63, 3.8) is 0 Å². The van der Waals surface area contributed by atoms with Gasteiger partial charge in [0, 0.05) is 36.3 Å². The van der Waals surface area contributed by atoms with Gasteiger partial charge in [0.2, 0.25) is 5.75 Å². The summed E-state index contributed by atoms with van der Waals surface area (Å²) in [6, 6.07) is 12.7. The summed E-state index contributed by atoms with van der Waals surface area (Å²) in [5, 5.41) is 9.99. The molecule has 0 atom stereocenters. The number of pyridine rings is 2. The number of nitrogens with one attached hydrogen (secondary N) is 2.